The summed E-state index contributed by atoms with van der Waals surface area (Å²) in [5.74, 6) is 0.339. The van der Waals surface area contributed by atoms with Crippen LogP contribution in [0.25, 0.3) is 0 Å². The van der Waals surface area contributed by atoms with Crippen LogP contribution in [0.15, 0.2) is 30.3 Å². The second-order valence-electron chi connectivity index (χ2n) is 4.73. The predicted octanol–water partition coefficient (Wildman–Crippen LogP) is 3.11. The molecule has 0 amide bonds. The minimum absolute atomic E-state index is 0.00945. The topological polar surface area (TPSA) is 32.7 Å². The van der Waals surface area contributed by atoms with Gasteiger partial charge in [-0.1, -0.05) is 44.2 Å². The molecule has 1 aromatic rings. The van der Waals surface area contributed by atoms with Gasteiger partial charge in [0.2, 0.25) is 0 Å². The van der Waals surface area contributed by atoms with Gasteiger partial charge in [-0.2, -0.15) is 5.06 Å². The van der Waals surface area contributed by atoms with Gasteiger partial charge in [0.1, 0.15) is 0 Å². The number of methoxy groups -OCH3 is 1. The summed E-state index contributed by atoms with van der Waals surface area (Å²) in [4.78, 5) is 0. The van der Waals surface area contributed by atoms with Crippen molar-refractivity contribution in [3.63, 3.8) is 0 Å². The second kappa shape index (κ2) is 6.74. The third-order valence-electron chi connectivity index (χ3n) is 3.13. The van der Waals surface area contributed by atoms with Gasteiger partial charge >= 0.3 is 0 Å². The molecule has 0 aliphatic heterocycles. The van der Waals surface area contributed by atoms with Crippen molar-refractivity contribution in [3.8, 4) is 0 Å². The molecule has 0 aromatic heterocycles. The van der Waals surface area contributed by atoms with E-state index in [9.17, 15) is 5.21 Å². The van der Waals surface area contributed by atoms with E-state index in [1.165, 1.54) is 5.06 Å². The van der Waals surface area contributed by atoms with Crippen molar-refractivity contribution in [2.24, 2.45) is 5.92 Å². The number of hydrogen-bond acceptors (Lipinski definition) is 3. The zero-order chi connectivity index (χ0) is 12.8. The quantitative estimate of drug-likeness (QED) is 0.772. The third kappa shape index (κ3) is 3.80. The zero-order valence-electron chi connectivity index (χ0n) is 11.1. The van der Waals surface area contributed by atoms with Crippen molar-refractivity contribution < 1.29 is 9.94 Å². The van der Waals surface area contributed by atoms with E-state index in [0.717, 1.165) is 5.56 Å². The maximum Gasteiger partial charge on any atom is 0.0644 e. The molecule has 0 aliphatic rings. The first-order valence-corrected chi connectivity index (χ1v) is 6.09. The lowest BCUT2D eigenvalue weighted by molar-refractivity contribution is -0.180. The first-order valence-electron chi connectivity index (χ1n) is 6.09. The Morgan fingerprint density at radius 1 is 1.18 bits per heavy atom. The lowest BCUT2D eigenvalue weighted by Crippen LogP contribution is -2.41. The average molecular weight is 237 g/mol. The van der Waals surface area contributed by atoms with Gasteiger partial charge in [-0.05, 0) is 18.4 Å². The minimum Gasteiger partial charge on any atom is -0.383 e. The summed E-state index contributed by atoms with van der Waals surface area (Å²) < 4.78 is 5.17. The van der Waals surface area contributed by atoms with Crippen LogP contribution < -0.4 is 0 Å². The Kier molecular flexibility index (Phi) is 5.62. The van der Waals surface area contributed by atoms with Crippen LogP contribution in [0.5, 0.6) is 0 Å². The SMILES string of the molecule is COC[C@H](C(C)C)N(O)[C@@H](C)c1ccccc1. The Morgan fingerprint density at radius 2 is 1.76 bits per heavy atom. The van der Waals surface area contributed by atoms with E-state index in [-0.39, 0.29) is 12.1 Å². The van der Waals surface area contributed by atoms with Crippen molar-refractivity contribution >= 4 is 0 Å². The minimum atomic E-state index is -0.0289. The largest absolute Gasteiger partial charge is 0.383 e. The smallest absolute Gasteiger partial charge is 0.0644 e. The standard InChI is InChI=1S/C14H23NO2/c1-11(2)14(10-17-4)15(16)12(3)13-8-6-5-7-9-13/h5-9,11-12,14,16H,10H2,1-4H3/t12-,14+/m0/s1. The molecule has 1 rings (SSSR count). The number of rotatable bonds is 6. The molecular weight excluding hydrogens is 214 g/mol. The third-order valence-corrected chi connectivity index (χ3v) is 3.13. The van der Waals surface area contributed by atoms with Gasteiger partial charge in [0, 0.05) is 7.11 Å². The molecule has 0 saturated heterocycles. The molecular formula is C14H23NO2. The second-order valence-corrected chi connectivity index (χ2v) is 4.73. The molecule has 96 valence electrons. The molecule has 0 unspecified atom stereocenters. The average Bonchev–Trinajstić information content (AvgIpc) is 2.35. The van der Waals surface area contributed by atoms with Crippen molar-refractivity contribution in [1.82, 2.24) is 5.06 Å². The summed E-state index contributed by atoms with van der Waals surface area (Å²) in [6.07, 6.45) is 0. The Hall–Kier alpha value is -0.900. The van der Waals surface area contributed by atoms with Crippen LogP contribution in [0.1, 0.15) is 32.4 Å². The van der Waals surface area contributed by atoms with E-state index in [0.29, 0.717) is 12.5 Å². The number of hydroxylamine groups is 2. The van der Waals surface area contributed by atoms with Gasteiger partial charge in [-0.15, -0.1) is 0 Å². The lowest BCUT2D eigenvalue weighted by atomic mass is 10.0. The van der Waals surface area contributed by atoms with E-state index in [1.807, 2.05) is 37.3 Å². The zero-order valence-corrected chi connectivity index (χ0v) is 11.1. The Bertz CT molecular complexity index is 313. The Labute approximate surface area is 104 Å². The summed E-state index contributed by atoms with van der Waals surface area (Å²) in [6.45, 7) is 6.71. The fraction of sp³-hybridized carbons (Fsp3) is 0.571. The molecule has 2 atom stereocenters. The first-order chi connectivity index (χ1) is 8.07. The monoisotopic (exact) mass is 237 g/mol. The van der Waals surface area contributed by atoms with Crippen molar-refractivity contribution in [3.05, 3.63) is 35.9 Å². The number of hydrogen-bond donors (Lipinski definition) is 1. The molecule has 0 heterocycles. The van der Waals surface area contributed by atoms with Crippen molar-refractivity contribution in [1.29, 1.82) is 0 Å². The Balaban J connectivity index is 2.76. The fourth-order valence-electron chi connectivity index (χ4n) is 1.92. The molecule has 0 radical (unpaired) electrons. The van der Waals surface area contributed by atoms with E-state index in [1.54, 1.807) is 7.11 Å². The molecule has 0 bridgehead atoms. The maximum atomic E-state index is 10.3. The molecule has 0 fully saturated rings. The molecule has 3 heteroatoms. The molecule has 3 nitrogen and oxygen atoms in total. The molecule has 0 aliphatic carbocycles. The summed E-state index contributed by atoms with van der Waals surface area (Å²) in [7, 11) is 1.66. The van der Waals surface area contributed by atoms with Gasteiger partial charge < -0.3 is 9.94 Å². The molecule has 1 aromatic carbocycles. The highest BCUT2D eigenvalue weighted by Gasteiger charge is 2.25. The Morgan fingerprint density at radius 3 is 2.24 bits per heavy atom. The highest BCUT2D eigenvalue weighted by Crippen LogP contribution is 2.23. The number of benzene rings is 1. The highest BCUT2D eigenvalue weighted by atomic mass is 16.5. The summed E-state index contributed by atoms with van der Waals surface area (Å²) in [5.41, 5.74) is 1.11. The van der Waals surface area contributed by atoms with E-state index < -0.39 is 0 Å². The van der Waals surface area contributed by atoms with Gasteiger partial charge in [0.25, 0.3) is 0 Å². The van der Waals surface area contributed by atoms with Crippen molar-refractivity contribution in [2.75, 3.05) is 13.7 Å². The number of nitrogens with zero attached hydrogens (tertiary/aromatic N) is 1. The van der Waals surface area contributed by atoms with Crippen LogP contribution in [-0.4, -0.2) is 30.0 Å². The summed E-state index contributed by atoms with van der Waals surface area (Å²) >= 11 is 0. The van der Waals surface area contributed by atoms with E-state index in [2.05, 4.69) is 13.8 Å². The van der Waals surface area contributed by atoms with Crippen LogP contribution in [0.3, 0.4) is 0 Å². The normalized spacial score (nSPS) is 15.2. The van der Waals surface area contributed by atoms with E-state index in [4.69, 9.17) is 4.74 Å². The van der Waals surface area contributed by atoms with Crippen LogP contribution in [0.4, 0.5) is 0 Å². The van der Waals surface area contributed by atoms with E-state index >= 15 is 0 Å². The lowest BCUT2D eigenvalue weighted by Gasteiger charge is -2.33. The van der Waals surface area contributed by atoms with Gasteiger partial charge in [-0.3, -0.25) is 0 Å². The van der Waals surface area contributed by atoms with Crippen LogP contribution in [0, 0.1) is 5.92 Å². The van der Waals surface area contributed by atoms with Crippen LogP contribution in [-0.2, 0) is 4.74 Å². The molecule has 1 N–H and O–H groups in total. The van der Waals surface area contributed by atoms with Gasteiger partial charge in [0.05, 0.1) is 18.7 Å². The predicted molar refractivity (Wildman–Crippen MR) is 69.0 cm³/mol. The fourth-order valence-corrected chi connectivity index (χ4v) is 1.92. The maximum absolute atomic E-state index is 10.3. The van der Waals surface area contributed by atoms with Gasteiger partial charge in [-0.25, -0.2) is 0 Å². The van der Waals surface area contributed by atoms with Crippen molar-refractivity contribution in [2.45, 2.75) is 32.9 Å². The van der Waals surface area contributed by atoms with Crippen LogP contribution in [0.2, 0.25) is 0 Å². The summed E-state index contributed by atoms with van der Waals surface area (Å²) in [5, 5.41) is 11.7. The first kappa shape index (κ1) is 14.2. The molecule has 0 saturated carbocycles. The summed E-state index contributed by atoms with van der Waals surface area (Å²) in [6, 6.07) is 9.98. The van der Waals surface area contributed by atoms with Gasteiger partial charge in [0.15, 0.2) is 0 Å². The van der Waals surface area contributed by atoms with Crippen LogP contribution >= 0.6 is 0 Å². The highest BCUT2D eigenvalue weighted by molar-refractivity contribution is 5.18. The molecule has 17 heavy (non-hydrogen) atoms. The molecule has 0 spiro atoms. The number of ether oxygens (including phenoxy) is 1.